The summed E-state index contributed by atoms with van der Waals surface area (Å²) < 4.78 is 5.37. The van der Waals surface area contributed by atoms with Crippen LogP contribution in [-0.2, 0) is 14.9 Å². The second kappa shape index (κ2) is 7.09. The molecular formula is C16H24ClNO2. The summed E-state index contributed by atoms with van der Waals surface area (Å²) in [6.45, 7) is 6.27. The van der Waals surface area contributed by atoms with E-state index in [1.807, 2.05) is 19.1 Å². The zero-order valence-electron chi connectivity index (χ0n) is 12.5. The molecule has 0 bridgehead atoms. The van der Waals surface area contributed by atoms with Crippen LogP contribution in [0.25, 0.3) is 0 Å². The first-order valence-electron chi connectivity index (χ1n) is 7.02. The summed E-state index contributed by atoms with van der Waals surface area (Å²) in [5, 5.41) is 0. The lowest BCUT2D eigenvalue weighted by atomic mass is 9.71. The number of ether oxygens (including phenoxy) is 1. The van der Waals surface area contributed by atoms with Gasteiger partial charge >= 0.3 is 5.97 Å². The van der Waals surface area contributed by atoms with Crippen molar-refractivity contribution in [1.29, 1.82) is 0 Å². The average Bonchev–Trinajstić information content (AvgIpc) is 2.41. The lowest BCUT2D eigenvalue weighted by Crippen LogP contribution is -2.47. The van der Waals surface area contributed by atoms with Crippen molar-refractivity contribution in [3.63, 3.8) is 0 Å². The Morgan fingerprint density at radius 1 is 1.30 bits per heavy atom. The van der Waals surface area contributed by atoms with E-state index in [1.165, 1.54) is 5.56 Å². The van der Waals surface area contributed by atoms with Crippen molar-refractivity contribution >= 4 is 18.4 Å². The Bertz CT molecular complexity index is 454. The molecule has 1 saturated heterocycles. The minimum atomic E-state index is -0.451. The summed E-state index contributed by atoms with van der Waals surface area (Å²) in [4.78, 5) is 14.8. The van der Waals surface area contributed by atoms with Crippen molar-refractivity contribution in [1.82, 2.24) is 4.90 Å². The summed E-state index contributed by atoms with van der Waals surface area (Å²) in [5.41, 5.74) is 1.87. The first-order valence-corrected chi connectivity index (χ1v) is 7.02. The number of likely N-dealkylation sites (tertiary alicyclic amines) is 1. The molecule has 2 rings (SSSR count). The van der Waals surface area contributed by atoms with E-state index in [0.29, 0.717) is 6.61 Å². The van der Waals surface area contributed by atoms with Gasteiger partial charge in [0.25, 0.3) is 0 Å². The third kappa shape index (κ3) is 3.15. The third-order valence-electron chi connectivity index (χ3n) is 4.17. The second-order valence-corrected chi connectivity index (χ2v) is 5.42. The van der Waals surface area contributed by atoms with Crippen LogP contribution in [0.1, 0.15) is 30.9 Å². The number of hydrogen-bond acceptors (Lipinski definition) is 3. The minimum Gasteiger partial charge on any atom is -0.465 e. The van der Waals surface area contributed by atoms with Gasteiger partial charge in [-0.25, -0.2) is 0 Å². The number of aryl methyl sites for hydroxylation is 1. The van der Waals surface area contributed by atoms with Gasteiger partial charge in [-0.2, -0.15) is 0 Å². The molecule has 0 spiro atoms. The molecule has 0 aliphatic carbocycles. The normalized spacial score (nSPS) is 18.1. The topological polar surface area (TPSA) is 29.5 Å². The lowest BCUT2D eigenvalue weighted by Gasteiger charge is -2.39. The van der Waals surface area contributed by atoms with Gasteiger partial charge in [0.05, 0.1) is 12.0 Å². The molecule has 0 aromatic heterocycles. The van der Waals surface area contributed by atoms with E-state index in [2.05, 4.69) is 31.0 Å². The van der Waals surface area contributed by atoms with Gasteiger partial charge in [-0.05, 0) is 58.0 Å². The maximum absolute atomic E-state index is 12.5. The summed E-state index contributed by atoms with van der Waals surface area (Å²) in [6.07, 6.45) is 1.68. The van der Waals surface area contributed by atoms with Gasteiger partial charge in [-0.1, -0.05) is 24.3 Å². The molecule has 112 valence electrons. The number of rotatable bonds is 3. The zero-order valence-corrected chi connectivity index (χ0v) is 13.3. The van der Waals surface area contributed by atoms with Crippen molar-refractivity contribution in [2.75, 3.05) is 26.7 Å². The number of carbonyl (C=O) groups excluding carboxylic acids is 1. The number of halogens is 1. The predicted molar refractivity (Wildman–Crippen MR) is 83.5 cm³/mol. The van der Waals surface area contributed by atoms with Gasteiger partial charge in [0.2, 0.25) is 0 Å². The smallest absolute Gasteiger partial charge is 0.316 e. The maximum Gasteiger partial charge on any atom is 0.316 e. The summed E-state index contributed by atoms with van der Waals surface area (Å²) >= 11 is 0. The Balaban J connectivity index is 0.00000200. The van der Waals surface area contributed by atoms with Crippen LogP contribution < -0.4 is 0 Å². The fourth-order valence-corrected chi connectivity index (χ4v) is 2.96. The van der Waals surface area contributed by atoms with Crippen molar-refractivity contribution in [3.05, 3.63) is 35.4 Å². The summed E-state index contributed by atoms with van der Waals surface area (Å²) in [7, 11) is 2.10. The van der Waals surface area contributed by atoms with E-state index in [1.54, 1.807) is 0 Å². The van der Waals surface area contributed by atoms with E-state index in [-0.39, 0.29) is 18.4 Å². The molecule has 0 N–H and O–H groups in total. The van der Waals surface area contributed by atoms with E-state index >= 15 is 0 Å². The van der Waals surface area contributed by atoms with Crippen LogP contribution in [0.15, 0.2) is 24.3 Å². The van der Waals surface area contributed by atoms with Gasteiger partial charge in [-0.3, -0.25) is 4.79 Å². The minimum absolute atomic E-state index is 0. The van der Waals surface area contributed by atoms with Crippen molar-refractivity contribution < 1.29 is 9.53 Å². The van der Waals surface area contributed by atoms with Crippen molar-refractivity contribution in [2.24, 2.45) is 0 Å². The van der Waals surface area contributed by atoms with Crippen LogP contribution in [-0.4, -0.2) is 37.6 Å². The number of nitrogens with zero attached hydrogens (tertiary/aromatic N) is 1. The SMILES string of the molecule is CCOC(=O)C1(c2ccccc2C)CCN(C)CC1.Cl. The first-order chi connectivity index (χ1) is 9.10. The number of carbonyl (C=O) groups is 1. The van der Waals surface area contributed by atoms with Gasteiger partial charge < -0.3 is 9.64 Å². The Hall–Kier alpha value is -1.06. The van der Waals surface area contributed by atoms with Crippen LogP contribution in [0.3, 0.4) is 0 Å². The Labute approximate surface area is 127 Å². The number of benzene rings is 1. The fourth-order valence-electron chi connectivity index (χ4n) is 2.96. The molecule has 3 nitrogen and oxygen atoms in total. The molecule has 1 aliphatic heterocycles. The highest BCUT2D eigenvalue weighted by atomic mass is 35.5. The monoisotopic (exact) mass is 297 g/mol. The highest BCUT2D eigenvalue weighted by Gasteiger charge is 2.44. The maximum atomic E-state index is 12.5. The third-order valence-corrected chi connectivity index (χ3v) is 4.17. The molecule has 0 amide bonds. The molecule has 1 aromatic carbocycles. The molecule has 0 atom stereocenters. The number of hydrogen-bond donors (Lipinski definition) is 0. The Morgan fingerprint density at radius 3 is 2.45 bits per heavy atom. The molecule has 1 aliphatic rings. The molecular weight excluding hydrogens is 274 g/mol. The quantitative estimate of drug-likeness (QED) is 0.804. The number of piperidine rings is 1. The molecule has 1 fully saturated rings. The molecule has 4 heteroatoms. The van der Waals surface area contributed by atoms with Crippen molar-refractivity contribution in [2.45, 2.75) is 32.1 Å². The molecule has 20 heavy (non-hydrogen) atoms. The predicted octanol–water partition coefficient (Wildman–Crippen LogP) is 2.94. The molecule has 1 aromatic rings. The molecule has 0 radical (unpaired) electrons. The van der Waals surface area contributed by atoms with E-state index in [0.717, 1.165) is 31.5 Å². The van der Waals surface area contributed by atoms with Gasteiger partial charge in [0.1, 0.15) is 0 Å². The molecule has 0 unspecified atom stereocenters. The van der Waals surface area contributed by atoms with Crippen LogP contribution in [0.2, 0.25) is 0 Å². The lowest BCUT2D eigenvalue weighted by molar-refractivity contribution is -0.152. The van der Waals surface area contributed by atoms with Gasteiger partial charge in [-0.15, -0.1) is 12.4 Å². The summed E-state index contributed by atoms with van der Waals surface area (Å²) in [6, 6.07) is 8.19. The van der Waals surface area contributed by atoms with Crippen LogP contribution in [0.5, 0.6) is 0 Å². The van der Waals surface area contributed by atoms with Gasteiger partial charge in [0, 0.05) is 0 Å². The van der Waals surface area contributed by atoms with Crippen LogP contribution >= 0.6 is 12.4 Å². The van der Waals surface area contributed by atoms with E-state index < -0.39 is 5.41 Å². The zero-order chi connectivity index (χ0) is 13.9. The fraction of sp³-hybridized carbons (Fsp3) is 0.562. The van der Waals surface area contributed by atoms with Gasteiger partial charge in [0.15, 0.2) is 0 Å². The van der Waals surface area contributed by atoms with Crippen LogP contribution in [0.4, 0.5) is 0 Å². The standard InChI is InChI=1S/C16H23NO2.ClH/c1-4-19-15(18)16(9-11-17(3)12-10-16)14-8-6-5-7-13(14)2;/h5-8H,4,9-12H2,1-3H3;1H. The van der Waals surface area contributed by atoms with Crippen LogP contribution in [0, 0.1) is 6.92 Å². The highest BCUT2D eigenvalue weighted by molar-refractivity contribution is 5.85. The highest BCUT2D eigenvalue weighted by Crippen LogP contribution is 2.38. The van der Waals surface area contributed by atoms with E-state index in [9.17, 15) is 4.79 Å². The largest absolute Gasteiger partial charge is 0.465 e. The Kier molecular flexibility index (Phi) is 6.03. The van der Waals surface area contributed by atoms with E-state index in [4.69, 9.17) is 4.74 Å². The average molecular weight is 298 g/mol. The Morgan fingerprint density at radius 2 is 1.90 bits per heavy atom. The first kappa shape index (κ1) is 17.0. The second-order valence-electron chi connectivity index (χ2n) is 5.42. The summed E-state index contributed by atoms with van der Waals surface area (Å²) in [5.74, 6) is -0.0580. The number of esters is 1. The molecule has 1 heterocycles. The van der Waals surface area contributed by atoms with Crippen molar-refractivity contribution in [3.8, 4) is 0 Å². The molecule has 0 saturated carbocycles.